The molecule has 1 atom stereocenters. The third-order valence-electron chi connectivity index (χ3n) is 3.74. The summed E-state index contributed by atoms with van der Waals surface area (Å²) in [5, 5.41) is -0.263. The second-order valence-corrected chi connectivity index (χ2v) is 6.71. The van der Waals surface area contributed by atoms with Crippen molar-refractivity contribution in [3.63, 3.8) is 0 Å². The fraction of sp³-hybridized carbons (Fsp3) is 0.0952. The average Bonchev–Trinajstić information content (AvgIpc) is 2.63. The number of hydrogen-bond donors (Lipinski definition) is 0. The van der Waals surface area contributed by atoms with Crippen LogP contribution in [0.15, 0.2) is 89.8 Å². The van der Waals surface area contributed by atoms with Gasteiger partial charge in [-0.25, -0.2) is 4.39 Å². The van der Waals surface area contributed by atoms with Gasteiger partial charge in [-0.2, -0.15) is 0 Å². The normalized spacial score (nSPS) is 11.9. The van der Waals surface area contributed by atoms with Gasteiger partial charge >= 0.3 is 0 Å². The molecule has 3 aromatic carbocycles. The molecule has 0 spiro atoms. The molecule has 0 aliphatic rings. The van der Waals surface area contributed by atoms with Crippen LogP contribution in [-0.2, 0) is 0 Å². The largest absolute Gasteiger partial charge is 0.294 e. The number of rotatable bonds is 6. The van der Waals surface area contributed by atoms with Gasteiger partial charge in [0.2, 0.25) is 0 Å². The summed E-state index contributed by atoms with van der Waals surface area (Å²) in [6.45, 7) is 0. The smallest absolute Gasteiger partial charge is 0.164 e. The van der Waals surface area contributed by atoms with Crippen molar-refractivity contribution in [1.29, 1.82) is 0 Å². The zero-order chi connectivity index (χ0) is 16.8. The highest BCUT2D eigenvalue weighted by Crippen LogP contribution is 2.39. The molecule has 3 rings (SSSR count). The van der Waals surface area contributed by atoms with Crippen LogP contribution < -0.4 is 0 Å². The third kappa shape index (κ3) is 4.12. The molecule has 0 N–H and O–H groups in total. The molecule has 0 saturated carbocycles. The molecule has 0 amide bonds. The average molecular weight is 336 g/mol. The SMILES string of the molecule is O=C(CC(Sc1ccccc1)c1ccccc1F)c1ccccc1. The van der Waals surface area contributed by atoms with E-state index in [9.17, 15) is 9.18 Å². The number of hydrogen-bond acceptors (Lipinski definition) is 2. The summed E-state index contributed by atoms with van der Waals surface area (Å²) in [6, 6.07) is 25.6. The van der Waals surface area contributed by atoms with Gasteiger partial charge in [0, 0.05) is 27.7 Å². The Labute approximate surface area is 145 Å². The Morgan fingerprint density at radius 3 is 2.08 bits per heavy atom. The van der Waals surface area contributed by atoms with Crippen LogP contribution >= 0.6 is 11.8 Å². The molecular formula is C21H17FOS. The monoisotopic (exact) mass is 336 g/mol. The van der Waals surface area contributed by atoms with Crippen molar-refractivity contribution in [2.24, 2.45) is 0 Å². The first kappa shape index (κ1) is 16.5. The number of Topliss-reactive ketones (excluding diaryl/α,β-unsaturated/α-hetero) is 1. The van der Waals surface area contributed by atoms with E-state index in [2.05, 4.69) is 0 Å². The highest BCUT2D eigenvalue weighted by Gasteiger charge is 2.21. The number of halogens is 1. The topological polar surface area (TPSA) is 17.1 Å². The van der Waals surface area contributed by atoms with Crippen molar-refractivity contribution in [1.82, 2.24) is 0 Å². The van der Waals surface area contributed by atoms with Gasteiger partial charge in [0.1, 0.15) is 5.82 Å². The van der Waals surface area contributed by atoms with E-state index in [1.54, 1.807) is 24.3 Å². The summed E-state index contributed by atoms with van der Waals surface area (Å²) in [7, 11) is 0. The molecule has 24 heavy (non-hydrogen) atoms. The van der Waals surface area contributed by atoms with Crippen molar-refractivity contribution in [2.75, 3.05) is 0 Å². The van der Waals surface area contributed by atoms with E-state index >= 15 is 0 Å². The Morgan fingerprint density at radius 2 is 1.42 bits per heavy atom. The lowest BCUT2D eigenvalue weighted by Crippen LogP contribution is -2.07. The van der Waals surface area contributed by atoms with E-state index in [-0.39, 0.29) is 23.3 Å². The summed E-state index contributed by atoms with van der Waals surface area (Å²) in [5.74, 6) is -0.251. The molecule has 1 unspecified atom stereocenters. The first-order valence-corrected chi connectivity index (χ1v) is 8.66. The first-order valence-electron chi connectivity index (χ1n) is 7.78. The second-order valence-electron chi connectivity index (χ2n) is 5.43. The number of benzene rings is 3. The lowest BCUT2D eigenvalue weighted by molar-refractivity contribution is 0.0982. The minimum absolute atomic E-state index is 0.0206. The van der Waals surface area contributed by atoms with Gasteiger partial charge in [0.25, 0.3) is 0 Å². The highest BCUT2D eigenvalue weighted by atomic mass is 32.2. The Morgan fingerprint density at radius 1 is 0.833 bits per heavy atom. The van der Waals surface area contributed by atoms with Crippen molar-refractivity contribution in [3.8, 4) is 0 Å². The summed E-state index contributed by atoms with van der Waals surface area (Å²) >= 11 is 1.52. The lowest BCUT2D eigenvalue weighted by atomic mass is 10.0. The fourth-order valence-electron chi connectivity index (χ4n) is 2.52. The van der Waals surface area contributed by atoms with Crippen LogP contribution in [0.25, 0.3) is 0 Å². The summed E-state index contributed by atoms with van der Waals surface area (Å²) in [5.41, 5.74) is 1.23. The molecule has 1 nitrogen and oxygen atoms in total. The zero-order valence-electron chi connectivity index (χ0n) is 13.1. The standard InChI is InChI=1S/C21H17FOS/c22-19-14-8-7-13-18(19)21(24-17-11-5-2-6-12-17)15-20(23)16-9-3-1-4-10-16/h1-14,21H,15H2. The molecular weight excluding hydrogens is 319 g/mol. The molecule has 120 valence electrons. The predicted molar refractivity (Wildman–Crippen MR) is 96.8 cm³/mol. The summed E-state index contributed by atoms with van der Waals surface area (Å²) in [4.78, 5) is 13.6. The summed E-state index contributed by atoms with van der Waals surface area (Å²) < 4.78 is 14.3. The first-order chi connectivity index (χ1) is 11.7. The van der Waals surface area contributed by atoms with E-state index in [1.165, 1.54) is 17.8 Å². The van der Waals surface area contributed by atoms with Gasteiger partial charge in [-0.05, 0) is 18.2 Å². The number of carbonyl (C=O) groups excluding carboxylic acids is 1. The van der Waals surface area contributed by atoms with Crippen molar-refractivity contribution in [3.05, 3.63) is 102 Å². The Bertz CT molecular complexity index is 802. The Hall–Kier alpha value is -2.39. The van der Waals surface area contributed by atoms with Crippen molar-refractivity contribution in [2.45, 2.75) is 16.6 Å². The van der Waals surface area contributed by atoms with Gasteiger partial charge in [0.15, 0.2) is 5.78 Å². The van der Waals surface area contributed by atoms with Crippen LogP contribution in [0.2, 0.25) is 0 Å². The second kappa shape index (κ2) is 7.93. The maximum atomic E-state index is 14.3. The minimum Gasteiger partial charge on any atom is -0.294 e. The lowest BCUT2D eigenvalue weighted by Gasteiger charge is -2.17. The van der Waals surface area contributed by atoms with Crippen LogP contribution in [-0.4, -0.2) is 5.78 Å². The van der Waals surface area contributed by atoms with E-state index in [1.807, 2.05) is 54.6 Å². The number of thioether (sulfide) groups is 1. The molecule has 0 heterocycles. The fourth-order valence-corrected chi connectivity index (χ4v) is 3.72. The maximum Gasteiger partial charge on any atom is 0.164 e. The minimum atomic E-state index is -0.271. The van der Waals surface area contributed by atoms with Crippen molar-refractivity contribution >= 4 is 17.5 Å². The van der Waals surface area contributed by atoms with Crippen LogP contribution in [0.5, 0.6) is 0 Å². The van der Waals surface area contributed by atoms with Gasteiger partial charge in [-0.3, -0.25) is 4.79 Å². The maximum absolute atomic E-state index is 14.3. The molecule has 0 aromatic heterocycles. The van der Waals surface area contributed by atoms with Crippen LogP contribution in [0, 0.1) is 5.82 Å². The van der Waals surface area contributed by atoms with Gasteiger partial charge < -0.3 is 0 Å². The number of carbonyl (C=O) groups is 1. The molecule has 3 heteroatoms. The summed E-state index contributed by atoms with van der Waals surface area (Å²) in [6.07, 6.45) is 0.254. The third-order valence-corrected chi connectivity index (χ3v) is 4.99. The highest BCUT2D eigenvalue weighted by molar-refractivity contribution is 7.99. The molecule has 0 bridgehead atoms. The van der Waals surface area contributed by atoms with E-state index < -0.39 is 0 Å². The van der Waals surface area contributed by atoms with Crippen molar-refractivity contribution < 1.29 is 9.18 Å². The Balaban J connectivity index is 1.87. The predicted octanol–water partition coefficient (Wildman–Crippen LogP) is 5.93. The van der Waals surface area contributed by atoms with Gasteiger partial charge in [-0.1, -0.05) is 66.7 Å². The van der Waals surface area contributed by atoms with Crippen LogP contribution in [0.1, 0.15) is 27.6 Å². The molecule has 0 saturated heterocycles. The van der Waals surface area contributed by atoms with Gasteiger partial charge in [0.05, 0.1) is 0 Å². The van der Waals surface area contributed by atoms with Crippen LogP contribution in [0.3, 0.4) is 0 Å². The van der Waals surface area contributed by atoms with E-state index in [0.29, 0.717) is 11.1 Å². The van der Waals surface area contributed by atoms with Gasteiger partial charge in [-0.15, -0.1) is 11.8 Å². The Kier molecular flexibility index (Phi) is 5.44. The van der Waals surface area contributed by atoms with Crippen LogP contribution in [0.4, 0.5) is 4.39 Å². The molecule has 0 aliphatic carbocycles. The van der Waals surface area contributed by atoms with E-state index in [4.69, 9.17) is 0 Å². The molecule has 3 aromatic rings. The molecule has 0 radical (unpaired) electrons. The number of ketones is 1. The quantitative estimate of drug-likeness (QED) is 0.410. The van der Waals surface area contributed by atoms with E-state index in [0.717, 1.165) is 4.90 Å². The molecule has 0 fully saturated rings. The molecule has 0 aliphatic heterocycles. The zero-order valence-corrected chi connectivity index (χ0v) is 13.9.